The highest BCUT2D eigenvalue weighted by atomic mass is 16.5. The van der Waals surface area contributed by atoms with Gasteiger partial charge in [-0.25, -0.2) is 0 Å². The van der Waals surface area contributed by atoms with E-state index in [0.717, 1.165) is 41.3 Å². The molecule has 0 radical (unpaired) electrons. The van der Waals surface area contributed by atoms with Crippen molar-refractivity contribution < 1.29 is 4.74 Å². The summed E-state index contributed by atoms with van der Waals surface area (Å²) in [5, 5.41) is 9.31. The van der Waals surface area contributed by atoms with E-state index >= 15 is 0 Å². The molecule has 30 heavy (non-hydrogen) atoms. The summed E-state index contributed by atoms with van der Waals surface area (Å²) in [7, 11) is 4.31. The Hall–Kier alpha value is -3.09. The van der Waals surface area contributed by atoms with Crippen LogP contribution in [-0.4, -0.2) is 25.5 Å². The fourth-order valence-electron chi connectivity index (χ4n) is 4.35. The summed E-state index contributed by atoms with van der Waals surface area (Å²) in [5.41, 5.74) is 6.75. The molecule has 0 fully saturated rings. The number of nitrogens with zero attached hydrogens (tertiary/aromatic N) is 2. The second kappa shape index (κ2) is 9.15. The Morgan fingerprint density at radius 2 is 1.80 bits per heavy atom. The third-order valence-corrected chi connectivity index (χ3v) is 5.85. The molecule has 0 aliphatic heterocycles. The van der Waals surface area contributed by atoms with E-state index in [-0.39, 0.29) is 0 Å². The summed E-state index contributed by atoms with van der Waals surface area (Å²) in [5.74, 6) is 1.70. The molecule has 0 amide bonds. The monoisotopic (exact) mass is 396 g/mol. The van der Waals surface area contributed by atoms with Crippen molar-refractivity contribution in [3.63, 3.8) is 0 Å². The molecule has 152 valence electrons. The predicted molar refractivity (Wildman–Crippen MR) is 121 cm³/mol. The zero-order valence-electron chi connectivity index (χ0n) is 17.8. The molecule has 1 aliphatic carbocycles. The fourth-order valence-corrected chi connectivity index (χ4v) is 4.35. The average Bonchev–Trinajstić information content (AvgIpc) is 2.77. The van der Waals surface area contributed by atoms with Crippen LogP contribution in [0.15, 0.2) is 66.7 Å². The number of benzene rings is 3. The Bertz CT molecular complexity index is 1050. The van der Waals surface area contributed by atoms with Gasteiger partial charge in [0.15, 0.2) is 0 Å². The van der Waals surface area contributed by atoms with Crippen LogP contribution in [-0.2, 0) is 19.4 Å². The maximum absolute atomic E-state index is 9.31. The van der Waals surface area contributed by atoms with E-state index in [9.17, 15) is 5.26 Å². The van der Waals surface area contributed by atoms with Crippen LogP contribution in [0.5, 0.6) is 5.75 Å². The lowest BCUT2D eigenvalue weighted by molar-refractivity contribution is 0.297. The highest BCUT2D eigenvalue weighted by Crippen LogP contribution is 2.29. The van der Waals surface area contributed by atoms with Crippen LogP contribution in [0.2, 0.25) is 0 Å². The molecule has 1 atom stereocenters. The summed E-state index contributed by atoms with van der Waals surface area (Å²) < 4.78 is 6.08. The predicted octanol–water partition coefficient (Wildman–Crippen LogP) is 5.47. The normalized spacial score (nSPS) is 15.5. The molecule has 0 heterocycles. The lowest BCUT2D eigenvalue weighted by Gasteiger charge is -2.27. The van der Waals surface area contributed by atoms with Crippen LogP contribution in [0.25, 0.3) is 11.1 Å². The van der Waals surface area contributed by atoms with Gasteiger partial charge in [-0.1, -0.05) is 48.5 Å². The van der Waals surface area contributed by atoms with Gasteiger partial charge in [0.1, 0.15) is 12.4 Å². The van der Waals surface area contributed by atoms with Gasteiger partial charge in [0, 0.05) is 6.54 Å². The molecule has 3 heteroatoms. The van der Waals surface area contributed by atoms with E-state index in [1.807, 2.05) is 24.3 Å². The Kier molecular flexibility index (Phi) is 6.16. The topological polar surface area (TPSA) is 36.3 Å². The van der Waals surface area contributed by atoms with E-state index in [1.165, 1.54) is 24.0 Å². The van der Waals surface area contributed by atoms with Crippen molar-refractivity contribution in [1.29, 1.82) is 5.26 Å². The molecule has 0 bridgehead atoms. The molecule has 4 rings (SSSR count). The molecule has 1 aliphatic rings. The molecule has 0 saturated carbocycles. The number of fused-ring (bicyclic) bond motifs is 1. The minimum Gasteiger partial charge on any atom is -0.489 e. The van der Waals surface area contributed by atoms with Gasteiger partial charge < -0.3 is 9.64 Å². The number of hydrogen-bond acceptors (Lipinski definition) is 3. The van der Waals surface area contributed by atoms with Crippen molar-refractivity contribution in [2.24, 2.45) is 5.92 Å². The second-order valence-electron chi connectivity index (χ2n) is 8.44. The zero-order chi connectivity index (χ0) is 20.9. The van der Waals surface area contributed by atoms with Crippen LogP contribution in [0.1, 0.15) is 28.7 Å². The SMILES string of the molecule is CN(C)CC1CCc2cc(OCc3ccc(-c4ccccc4C#N)cc3)ccc2C1. The van der Waals surface area contributed by atoms with Crippen LogP contribution < -0.4 is 4.74 Å². The van der Waals surface area contributed by atoms with E-state index in [4.69, 9.17) is 4.74 Å². The Morgan fingerprint density at radius 3 is 2.57 bits per heavy atom. The van der Waals surface area contributed by atoms with Crippen LogP contribution in [0.3, 0.4) is 0 Å². The summed E-state index contributed by atoms with van der Waals surface area (Å²) in [6.07, 6.45) is 3.55. The van der Waals surface area contributed by atoms with Gasteiger partial charge in [-0.3, -0.25) is 0 Å². The lowest BCUT2D eigenvalue weighted by Crippen LogP contribution is -2.26. The van der Waals surface area contributed by atoms with E-state index in [0.29, 0.717) is 12.2 Å². The first kappa shape index (κ1) is 20.2. The number of rotatable bonds is 6. The number of hydrogen-bond donors (Lipinski definition) is 0. The second-order valence-corrected chi connectivity index (χ2v) is 8.44. The molecule has 0 spiro atoms. The van der Waals surface area contributed by atoms with Crippen molar-refractivity contribution in [3.05, 3.63) is 89.0 Å². The third kappa shape index (κ3) is 4.72. The Balaban J connectivity index is 1.39. The quantitative estimate of drug-likeness (QED) is 0.554. The molecular weight excluding hydrogens is 368 g/mol. The van der Waals surface area contributed by atoms with Gasteiger partial charge in [-0.05, 0) is 85.3 Å². The summed E-state index contributed by atoms with van der Waals surface area (Å²) in [4.78, 5) is 2.29. The highest BCUT2D eigenvalue weighted by Gasteiger charge is 2.19. The maximum Gasteiger partial charge on any atom is 0.120 e. The molecule has 0 N–H and O–H groups in total. The van der Waals surface area contributed by atoms with Gasteiger partial charge in [0.2, 0.25) is 0 Å². The van der Waals surface area contributed by atoms with Crippen LogP contribution >= 0.6 is 0 Å². The largest absolute Gasteiger partial charge is 0.489 e. The van der Waals surface area contributed by atoms with Crippen molar-refractivity contribution in [3.8, 4) is 22.9 Å². The molecule has 0 aromatic heterocycles. The number of nitriles is 1. The smallest absolute Gasteiger partial charge is 0.120 e. The Morgan fingerprint density at radius 1 is 1.00 bits per heavy atom. The molecule has 0 saturated heterocycles. The summed E-state index contributed by atoms with van der Waals surface area (Å²) >= 11 is 0. The lowest BCUT2D eigenvalue weighted by atomic mass is 9.83. The van der Waals surface area contributed by atoms with Crippen LogP contribution in [0, 0.1) is 17.2 Å². The minimum absolute atomic E-state index is 0.544. The summed E-state index contributed by atoms with van der Waals surface area (Å²) in [6.45, 7) is 1.70. The first-order valence-electron chi connectivity index (χ1n) is 10.6. The zero-order valence-corrected chi connectivity index (χ0v) is 17.8. The first-order valence-corrected chi connectivity index (χ1v) is 10.6. The molecule has 3 aromatic carbocycles. The minimum atomic E-state index is 0.544. The number of aryl methyl sites for hydroxylation is 1. The van der Waals surface area contributed by atoms with Crippen molar-refractivity contribution in [2.75, 3.05) is 20.6 Å². The molecule has 3 aromatic rings. The molecule has 3 nitrogen and oxygen atoms in total. The van der Waals surface area contributed by atoms with Crippen molar-refractivity contribution >= 4 is 0 Å². The Labute approximate surface area is 179 Å². The molecular formula is C27H28N2O. The van der Waals surface area contributed by atoms with Gasteiger partial charge >= 0.3 is 0 Å². The van der Waals surface area contributed by atoms with Gasteiger partial charge in [-0.2, -0.15) is 5.26 Å². The highest BCUT2D eigenvalue weighted by molar-refractivity contribution is 5.70. The van der Waals surface area contributed by atoms with Gasteiger partial charge in [0.25, 0.3) is 0 Å². The average molecular weight is 397 g/mol. The fraction of sp³-hybridized carbons (Fsp3) is 0.296. The van der Waals surface area contributed by atoms with Crippen molar-refractivity contribution in [2.45, 2.75) is 25.9 Å². The van der Waals surface area contributed by atoms with E-state index in [1.54, 1.807) is 0 Å². The maximum atomic E-state index is 9.31. The third-order valence-electron chi connectivity index (χ3n) is 5.85. The van der Waals surface area contributed by atoms with Crippen LogP contribution in [0.4, 0.5) is 0 Å². The van der Waals surface area contributed by atoms with Gasteiger partial charge in [0.05, 0.1) is 11.6 Å². The standard InChI is InChI=1S/C27H28N2O/c1-29(2)18-21-9-12-24-16-26(14-13-23(24)15-21)30-19-20-7-10-22(11-8-20)27-6-4-3-5-25(27)17-28/h3-8,10-11,13-14,16,21H,9,12,15,18-19H2,1-2H3. The molecule has 1 unspecified atom stereocenters. The first-order chi connectivity index (χ1) is 14.6. The van der Waals surface area contributed by atoms with E-state index in [2.05, 4.69) is 67.5 Å². The van der Waals surface area contributed by atoms with E-state index < -0.39 is 0 Å². The van der Waals surface area contributed by atoms with Gasteiger partial charge in [-0.15, -0.1) is 0 Å². The summed E-state index contributed by atoms with van der Waals surface area (Å²) in [6, 6.07) is 24.8. The van der Waals surface area contributed by atoms with Crippen molar-refractivity contribution in [1.82, 2.24) is 4.90 Å². The number of ether oxygens (including phenoxy) is 1.